The predicted molar refractivity (Wildman–Crippen MR) is 87.7 cm³/mol. The van der Waals surface area contributed by atoms with Gasteiger partial charge in [0.15, 0.2) is 11.6 Å². The zero-order valence-corrected chi connectivity index (χ0v) is 14.9. The Bertz CT molecular complexity index is 710. The van der Waals surface area contributed by atoms with Crippen LogP contribution in [0.15, 0.2) is 4.52 Å². The van der Waals surface area contributed by atoms with Crippen molar-refractivity contribution < 1.29 is 14.1 Å². The maximum absolute atomic E-state index is 12.4. The van der Waals surface area contributed by atoms with E-state index in [0.29, 0.717) is 56.5 Å². The molecule has 2 aromatic heterocycles. The monoisotopic (exact) mass is 348 g/mol. The highest BCUT2D eigenvalue weighted by Crippen LogP contribution is 2.20. The molecule has 9 heteroatoms. The molecule has 3 rings (SSSR count). The Morgan fingerprint density at radius 3 is 2.92 bits per heavy atom. The number of nitrogens with zero attached hydrogens (tertiary/aromatic N) is 5. The number of H-pyrrole nitrogens is 1. The second kappa shape index (κ2) is 7.73. The van der Waals surface area contributed by atoms with Gasteiger partial charge in [-0.05, 0) is 13.3 Å². The van der Waals surface area contributed by atoms with Gasteiger partial charge < -0.3 is 14.2 Å². The Morgan fingerprint density at radius 2 is 2.24 bits per heavy atom. The molecule has 0 bridgehead atoms. The van der Waals surface area contributed by atoms with Crippen LogP contribution < -0.4 is 0 Å². The van der Waals surface area contributed by atoms with Crippen molar-refractivity contribution in [2.75, 3.05) is 19.7 Å². The zero-order chi connectivity index (χ0) is 17.8. The van der Waals surface area contributed by atoms with Crippen molar-refractivity contribution in [2.24, 2.45) is 0 Å². The van der Waals surface area contributed by atoms with Crippen LogP contribution in [0.2, 0.25) is 0 Å². The molecule has 0 aromatic carbocycles. The maximum atomic E-state index is 12.4. The van der Waals surface area contributed by atoms with E-state index in [0.717, 1.165) is 5.82 Å². The first kappa shape index (κ1) is 17.5. The zero-order valence-electron chi connectivity index (χ0n) is 14.9. The molecule has 9 nitrogen and oxygen atoms in total. The summed E-state index contributed by atoms with van der Waals surface area (Å²) in [4.78, 5) is 22.9. The Morgan fingerprint density at radius 1 is 1.40 bits per heavy atom. The van der Waals surface area contributed by atoms with Crippen LogP contribution in [0.5, 0.6) is 0 Å². The minimum absolute atomic E-state index is 0.101. The van der Waals surface area contributed by atoms with Gasteiger partial charge in [-0.3, -0.25) is 9.89 Å². The number of ether oxygens (including phenoxy) is 1. The quantitative estimate of drug-likeness (QED) is 0.843. The number of morpholine rings is 1. The van der Waals surface area contributed by atoms with E-state index in [4.69, 9.17) is 9.26 Å². The third-order valence-electron chi connectivity index (χ3n) is 4.10. The molecule has 2 aromatic rings. The van der Waals surface area contributed by atoms with E-state index in [9.17, 15) is 4.79 Å². The molecule has 1 atom stereocenters. The lowest BCUT2D eigenvalue weighted by Crippen LogP contribution is -2.42. The van der Waals surface area contributed by atoms with E-state index < -0.39 is 0 Å². The smallest absolute Gasteiger partial charge is 0.226 e. The van der Waals surface area contributed by atoms with Crippen molar-refractivity contribution in [1.29, 1.82) is 0 Å². The number of aromatic nitrogens is 5. The molecule has 3 heterocycles. The second-order valence-electron chi connectivity index (χ2n) is 6.53. The summed E-state index contributed by atoms with van der Waals surface area (Å²) < 4.78 is 10.9. The number of hydrogen-bond donors (Lipinski definition) is 1. The van der Waals surface area contributed by atoms with Gasteiger partial charge in [0.1, 0.15) is 11.9 Å². The third kappa shape index (κ3) is 4.41. The molecule has 1 amide bonds. The number of carbonyl (C=O) groups excluding carboxylic acids is 1. The molecule has 1 aliphatic heterocycles. The van der Waals surface area contributed by atoms with Gasteiger partial charge in [-0.2, -0.15) is 10.1 Å². The van der Waals surface area contributed by atoms with Crippen LogP contribution in [0, 0.1) is 6.92 Å². The molecule has 0 aliphatic carbocycles. The summed E-state index contributed by atoms with van der Waals surface area (Å²) in [6.45, 7) is 7.44. The average molecular weight is 348 g/mol. The van der Waals surface area contributed by atoms with E-state index in [1.54, 1.807) is 0 Å². The highest BCUT2D eigenvalue weighted by Gasteiger charge is 2.27. The molecule has 0 radical (unpaired) electrons. The third-order valence-corrected chi connectivity index (χ3v) is 4.10. The number of amides is 1. The summed E-state index contributed by atoms with van der Waals surface area (Å²) in [5.74, 6) is 2.98. The van der Waals surface area contributed by atoms with Gasteiger partial charge in [-0.25, -0.2) is 4.98 Å². The Labute approximate surface area is 146 Å². The number of hydrogen-bond acceptors (Lipinski definition) is 7. The fraction of sp³-hybridized carbons (Fsp3) is 0.688. The molecule has 0 unspecified atom stereocenters. The number of aryl methyl sites for hydroxylation is 2. The first-order valence-electron chi connectivity index (χ1n) is 8.63. The average Bonchev–Trinajstić information content (AvgIpc) is 3.24. The minimum atomic E-state index is -0.271. The van der Waals surface area contributed by atoms with E-state index in [2.05, 4.69) is 25.3 Å². The van der Waals surface area contributed by atoms with E-state index >= 15 is 0 Å². The summed E-state index contributed by atoms with van der Waals surface area (Å²) in [6.07, 6.45) is 1.46. The lowest BCUT2D eigenvalue weighted by Gasteiger charge is -2.31. The van der Waals surface area contributed by atoms with Gasteiger partial charge in [0.2, 0.25) is 11.8 Å². The Hall–Kier alpha value is -2.29. The number of rotatable bonds is 6. The van der Waals surface area contributed by atoms with Crippen LogP contribution in [0.1, 0.15) is 62.1 Å². The highest BCUT2D eigenvalue weighted by atomic mass is 16.5. The molecular weight excluding hydrogens is 324 g/mol. The normalized spacial score (nSPS) is 18.1. The largest absolute Gasteiger partial charge is 0.366 e. The van der Waals surface area contributed by atoms with E-state index in [1.165, 1.54) is 0 Å². The molecule has 1 aliphatic rings. The van der Waals surface area contributed by atoms with Crippen LogP contribution in [0.25, 0.3) is 0 Å². The summed E-state index contributed by atoms with van der Waals surface area (Å²) in [5, 5.41) is 10.9. The molecule has 0 saturated carbocycles. The molecule has 1 fully saturated rings. The highest BCUT2D eigenvalue weighted by molar-refractivity contribution is 5.76. The Balaban J connectivity index is 1.47. The van der Waals surface area contributed by atoms with Gasteiger partial charge in [-0.15, -0.1) is 0 Å². The van der Waals surface area contributed by atoms with Gasteiger partial charge >= 0.3 is 0 Å². The standard InChI is InChI=1S/C16H24N6O3/c1-10(2)15-18-13(25-21-15)5-4-6-14(23)22-7-8-24-12(9-22)16-17-11(3)19-20-16/h10,12H,4-9H2,1-3H3,(H,17,19,20)/t12-/m1/s1. The van der Waals surface area contributed by atoms with Gasteiger partial charge in [0, 0.05) is 25.3 Å². The lowest BCUT2D eigenvalue weighted by molar-refractivity contribution is -0.139. The van der Waals surface area contributed by atoms with Crippen LogP contribution in [0.4, 0.5) is 0 Å². The van der Waals surface area contributed by atoms with Crippen molar-refractivity contribution in [1.82, 2.24) is 30.2 Å². The summed E-state index contributed by atoms with van der Waals surface area (Å²) in [6, 6.07) is 0. The number of nitrogens with one attached hydrogen (secondary N) is 1. The molecule has 1 N–H and O–H groups in total. The maximum Gasteiger partial charge on any atom is 0.226 e. The summed E-state index contributed by atoms with van der Waals surface area (Å²) in [7, 11) is 0. The molecule has 1 saturated heterocycles. The van der Waals surface area contributed by atoms with Crippen molar-refractivity contribution in [3.63, 3.8) is 0 Å². The van der Waals surface area contributed by atoms with Crippen molar-refractivity contribution in [3.8, 4) is 0 Å². The summed E-state index contributed by atoms with van der Waals surface area (Å²) >= 11 is 0. The van der Waals surface area contributed by atoms with Crippen LogP contribution in [-0.4, -0.2) is 55.8 Å². The molecule has 0 spiro atoms. The first-order chi connectivity index (χ1) is 12.0. The fourth-order valence-corrected chi connectivity index (χ4v) is 2.69. The van der Waals surface area contributed by atoms with Gasteiger partial charge in [0.25, 0.3) is 0 Å². The van der Waals surface area contributed by atoms with E-state index in [-0.39, 0.29) is 17.9 Å². The van der Waals surface area contributed by atoms with Gasteiger partial charge in [0.05, 0.1) is 13.2 Å². The Kier molecular flexibility index (Phi) is 5.42. The van der Waals surface area contributed by atoms with Crippen molar-refractivity contribution >= 4 is 5.91 Å². The summed E-state index contributed by atoms with van der Waals surface area (Å²) in [5.41, 5.74) is 0. The molecule has 136 valence electrons. The number of aromatic amines is 1. The number of carbonyl (C=O) groups is 1. The predicted octanol–water partition coefficient (Wildman–Crippen LogP) is 1.54. The van der Waals surface area contributed by atoms with Crippen molar-refractivity contribution in [3.05, 3.63) is 23.4 Å². The van der Waals surface area contributed by atoms with E-state index in [1.807, 2.05) is 25.7 Å². The minimum Gasteiger partial charge on any atom is -0.366 e. The second-order valence-corrected chi connectivity index (χ2v) is 6.53. The lowest BCUT2D eigenvalue weighted by atomic mass is 10.2. The van der Waals surface area contributed by atoms with Crippen molar-refractivity contribution in [2.45, 2.75) is 52.1 Å². The topological polar surface area (TPSA) is 110 Å². The van der Waals surface area contributed by atoms with Gasteiger partial charge in [-0.1, -0.05) is 19.0 Å². The SMILES string of the molecule is Cc1nc([C@H]2CN(C(=O)CCCc3nc(C(C)C)no3)CCO2)n[nH]1. The van der Waals surface area contributed by atoms with Crippen LogP contribution in [0.3, 0.4) is 0 Å². The van der Waals surface area contributed by atoms with Crippen LogP contribution in [-0.2, 0) is 16.0 Å². The first-order valence-corrected chi connectivity index (χ1v) is 8.63. The molecular formula is C16H24N6O3. The fourth-order valence-electron chi connectivity index (χ4n) is 2.69. The molecule has 25 heavy (non-hydrogen) atoms. The van der Waals surface area contributed by atoms with Crippen LogP contribution >= 0.6 is 0 Å².